The smallest absolute Gasteiger partial charge is 0.115 e. The zero-order valence-corrected chi connectivity index (χ0v) is 23.9. The fourth-order valence-electron chi connectivity index (χ4n) is 5.88. The molecule has 208 valence electrons. The van der Waals surface area contributed by atoms with Gasteiger partial charge in [-0.05, 0) is 57.6 Å². The van der Waals surface area contributed by atoms with Gasteiger partial charge < -0.3 is 9.97 Å². The third-order valence-corrected chi connectivity index (χ3v) is 8.13. The van der Waals surface area contributed by atoms with Crippen LogP contribution in [0.5, 0.6) is 0 Å². The van der Waals surface area contributed by atoms with Gasteiger partial charge in [0.1, 0.15) is 11.4 Å². The van der Waals surface area contributed by atoms with Crippen LogP contribution < -0.4 is 0 Å². The molecule has 4 nitrogen and oxygen atoms in total. The molecule has 0 radical (unpaired) electrons. The van der Waals surface area contributed by atoms with E-state index in [9.17, 15) is 0 Å². The zero-order valence-electron chi connectivity index (χ0n) is 23.9. The Morgan fingerprint density at radius 2 is 0.682 bits per heavy atom. The Labute approximate surface area is 255 Å². The van der Waals surface area contributed by atoms with Gasteiger partial charge in [-0.1, -0.05) is 121 Å². The van der Waals surface area contributed by atoms with Gasteiger partial charge in [-0.2, -0.15) is 0 Å². The van der Waals surface area contributed by atoms with Crippen LogP contribution in [0.25, 0.3) is 78.3 Å². The second-order valence-electron chi connectivity index (χ2n) is 10.8. The van der Waals surface area contributed by atoms with Crippen LogP contribution in [0, 0.1) is 0 Å². The van der Waals surface area contributed by atoms with Gasteiger partial charge in [-0.25, -0.2) is 9.97 Å². The fraction of sp³-hybridized carbons (Fsp3) is 0. The molecule has 0 spiro atoms. The van der Waals surface area contributed by atoms with Crippen LogP contribution in [0.4, 0.5) is 0 Å². The number of hydrogen-bond donors (Lipinski definition) is 2. The minimum absolute atomic E-state index is 0.809. The zero-order chi connectivity index (χ0) is 29.3. The van der Waals surface area contributed by atoms with Crippen LogP contribution in [0.1, 0.15) is 0 Å². The van der Waals surface area contributed by atoms with Crippen molar-refractivity contribution in [2.45, 2.75) is 0 Å². The lowest BCUT2D eigenvalue weighted by molar-refractivity contribution is 1.24. The van der Waals surface area contributed by atoms with Gasteiger partial charge in [0, 0.05) is 23.5 Å². The number of hydrogen-bond acceptors (Lipinski definition) is 2. The van der Waals surface area contributed by atoms with E-state index < -0.39 is 0 Å². The molecule has 2 N–H and O–H groups in total. The van der Waals surface area contributed by atoms with Gasteiger partial charge in [0.15, 0.2) is 0 Å². The lowest BCUT2D eigenvalue weighted by Crippen LogP contribution is -1.99. The van der Waals surface area contributed by atoms with Gasteiger partial charge >= 0.3 is 0 Å². The number of nitrogens with zero attached hydrogens (tertiary/aromatic N) is 2. The van der Waals surface area contributed by atoms with Crippen molar-refractivity contribution in [3.8, 4) is 67.3 Å². The molecule has 4 heteroatoms. The molecule has 0 aliphatic rings. The normalized spacial score (nSPS) is 11.2. The summed E-state index contributed by atoms with van der Waals surface area (Å²) in [5.74, 6) is 0. The molecule has 0 unspecified atom stereocenters. The number of aromatic nitrogens is 4. The Hall–Kier alpha value is -6.00. The van der Waals surface area contributed by atoms with E-state index in [2.05, 4.69) is 119 Å². The van der Waals surface area contributed by atoms with Crippen molar-refractivity contribution in [1.29, 1.82) is 0 Å². The summed E-state index contributed by atoms with van der Waals surface area (Å²) in [6.07, 6.45) is 3.85. The van der Waals surface area contributed by atoms with Crippen molar-refractivity contribution in [2.75, 3.05) is 0 Å². The van der Waals surface area contributed by atoms with Gasteiger partial charge in [0.2, 0.25) is 0 Å². The molecule has 0 atom stereocenters. The second-order valence-corrected chi connectivity index (χ2v) is 10.8. The number of fused-ring (bicyclic) bond motifs is 1. The molecule has 0 saturated carbocycles. The summed E-state index contributed by atoms with van der Waals surface area (Å²) in [6.45, 7) is 0. The van der Waals surface area contributed by atoms with E-state index in [1.54, 1.807) is 0 Å². The first-order valence-electron chi connectivity index (χ1n) is 14.8. The molecule has 0 fully saturated rings. The average Bonchev–Trinajstić information content (AvgIpc) is 3.84. The molecule has 3 aromatic heterocycles. The number of aromatic amines is 2. The lowest BCUT2D eigenvalue weighted by Gasteiger charge is -2.15. The summed E-state index contributed by atoms with van der Waals surface area (Å²) in [4.78, 5) is 17.5. The first-order chi connectivity index (χ1) is 21.8. The minimum Gasteiger partial charge on any atom is -0.360 e. The Bertz CT molecular complexity index is 2000. The first kappa shape index (κ1) is 25.7. The quantitative estimate of drug-likeness (QED) is 0.211. The van der Waals surface area contributed by atoms with Crippen LogP contribution >= 0.6 is 0 Å². The van der Waals surface area contributed by atoms with Crippen molar-refractivity contribution in [3.63, 3.8) is 0 Å². The lowest BCUT2D eigenvalue weighted by atomic mass is 9.94. The maximum Gasteiger partial charge on any atom is 0.115 e. The first-order valence-corrected chi connectivity index (χ1v) is 14.8. The fourth-order valence-corrected chi connectivity index (χ4v) is 5.88. The summed E-state index contributed by atoms with van der Waals surface area (Å²) in [5.41, 5.74) is 14.2. The molecular weight excluding hydrogens is 536 g/mol. The summed E-state index contributed by atoms with van der Waals surface area (Å²) >= 11 is 0. The van der Waals surface area contributed by atoms with Gasteiger partial charge in [-0.15, -0.1) is 0 Å². The van der Waals surface area contributed by atoms with Crippen LogP contribution in [0.3, 0.4) is 0 Å². The topological polar surface area (TPSA) is 57.4 Å². The van der Waals surface area contributed by atoms with E-state index in [1.807, 2.05) is 48.8 Å². The van der Waals surface area contributed by atoms with Crippen LogP contribution in [0.2, 0.25) is 0 Å². The maximum absolute atomic E-state index is 5.37. The Balaban J connectivity index is 1.33. The predicted octanol–water partition coefficient (Wildman–Crippen LogP) is 10.3. The van der Waals surface area contributed by atoms with Crippen LogP contribution in [0.15, 0.2) is 158 Å². The third-order valence-electron chi connectivity index (χ3n) is 8.13. The molecule has 0 aliphatic heterocycles. The summed E-state index contributed by atoms with van der Waals surface area (Å²) in [7, 11) is 0. The van der Waals surface area contributed by atoms with Crippen molar-refractivity contribution in [1.82, 2.24) is 19.9 Å². The van der Waals surface area contributed by atoms with Gasteiger partial charge in [0.25, 0.3) is 0 Å². The molecule has 44 heavy (non-hydrogen) atoms. The van der Waals surface area contributed by atoms with E-state index >= 15 is 0 Å². The SMILES string of the molecule is c1ccc(-c2ccc(-c3ccc(-c4ccc(-c5ccccc5)cc4)c4nc(-c5ccc[nH]5)c(-c5ccc[nH]5)nc34)cc2)cc1. The molecule has 0 aliphatic carbocycles. The van der Waals surface area contributed by atoms with Crippen molar-refractivity contribution >= 4 is 11.0 Å². The highest BCUT2D eigenvalue weighted by Crippen LogP contribution is 2.39. The highest BCUT2D eigenvalue weighted by Gasteiger charge is 2.20. The number of H-pyrrole nitrogens is 2. The summed E-state index contributed by atoms with van der Waals surface area (Å²) < 4.78 is 0. The van der Waals surface area contributed by atoms with Gasteiger partial charge in [0.05, 0.1) is 22.4 Å². The Morgan fingerprint density at radius 3 is 1.05 bits per heavy atom. The van der Waals surface area contributed by atoms with Crippen LogP contribution in [-0.2, 0) is 0 Å². The molecule has 0 bridgehead atoms. The number of benzene rings is 5. The standard InChI is InChI=1S/C40H28N4/c1-3-9-27(10-4-1)29-15-19-31(20-16-29)33-23-24-34(32-21-17-30(18-22-32)28-11-5-2-6-12-28)38-37(33)43-39(35-13-7-25-41-35)40(44-38)36-14-8-26-42-36/h1-26,41-42H. The van der Waals surface area contributed by atoms with E-state index in [0.29, 0.717) is 0 Å². The minimum atomic E-state index is 0.809. The maximum atomic E-state index is 5.37. The van der Waals surface area contributed by atoms with Crippen molar-refractivity contribution < 1.29 is 0 Å². The Kier molecular flexibility index (Phi) is 6.43. The Morgan fingerprint density at radius 1 is 0.318 bits per heavy atom. The predicted molar refractivity (Wildman–Crippen MR) is 181 cm³/mol. The van der Waals surface area contributed by atoms with Crippen molar-refractivity contribution in [3.05, 3.63) is 158 Å². The average molecular weight is 565 g/mol. The molecule has 8 aromatic rings. The largest absolute Gasteiger partial charge is 0.360 e. The number of nitrogens with one attached hydrogen (secondary N) is 2. The molecular formula is C40H28N4. The summed E-state index contributed by atoms with van der Waals surface area (Å²) in [6, 6.07) is 50.8. The van der Waals surface area contributed by atoms with E-state index in [1.165, 1.54) is 22.3 Å². The molecule has 0 saturated heterocycles. The van der Waals surface area contributed by atoms with E-state index in [-0.39, 0.29) is 0 Å². The van der Waals surface area contributed by atoms with Crippen LogP contribution in [-0.4, -0.2) is 19.9 Å². The number of rotatable bonds is 6. The third kappa shape index (κ3) is 4.69. The molecule has 0 amide bonds. The molecule has 5 aromatic carbocycles. The highest BCUT2D eigenvalue weighted by atomic mass is 14.9. The second kappa shape index (κ2) is 11.0. The monoisotopic (exact) mass is 564 g/mol. The molecule has 8 rings (SSSR count). The van der Waals surface area contributed by atoms with E-state index in [4.69, 9.17) is 9.97 Å². The summed E-state index contributed by atoms with van der Waals surface area (Å²) in [5, 5.41) is 0. The highest BCUT2D eigenvalue weighted by molar-refractivity contribution is 6.03. The van der Waals surface area contributed by atoms with Gasteiger partial charge in [-0.3, -0.25) is 0 Å². The van der Waals surface area contributed by atoms with E-state index in [0.717, 1.165) is 56.1 Å². The van der Waals surface area contributed by atoms with Crippen molar-refractivity contribution in [2.24, 2.45) is 0 Å². The molecule has 3 heterocycles.